The molecule has 2 aromatic heterocycles. The van der Waals surface area contributed by atoms with E-state index in [0.717, 1.165) is 16.8 Å². The van der Waals surface area contributed by atoms with Gasteiger partial charge in [-0.05, 0) is 31.0 Å². The van der Waals surface area contributed by atoms with E-state index in [1.807, 2.05) is 18.2 Å². The van der Waals surface area contributed by atoms with Crippen molar-refractivity contribution in [2.24, 2.45) is 5.92 Å². The van der Waals surface area contributed by atoms with Crippen molar-refractivity contribution < 1.29 is 9.18 Å². The SMILES string of the molecule is [C-]#[N+]c1cc(C[C@H]2CCN(c3cc(-c4ccncc4)[nH]n3)C2=O)ccc1F. The Labute approximate surface area is 155 Å². The molecule has 1 aliphatic rings. The fourth-order valence-electron chi connectivity index (χ4n) is 3.34. The van der Waals surface area contributed by atoms with Crippen LogP contribution in [0.4, 0.5) is 15.9 Å². The second-order valence-electron chi connectivity index (χ2n) is 6.45. The number of benzene rings is 1. The number of halogens is 1. The summed E-state index contributed by atoms with van der Waals surface area (Å²) in [5.74, 6) is -0.143. The van der Waals surface area contributed by atoms with Crippen LogP contribution in [0.5, 0.6) is 0 Å². The number of aromatic nitrogens is 3. The fraction of sp³-hybridized carbons (Fsp3) is 0.200. The van der Waals surface area contributed by atoms with E-state index in [1.54, 1.807) is 23.4 Å². The Balaban J connectivity index is 1.49. The Bertz CT molecular complexity index is 1020. The van der Waals surface area contributed by atoms with Gasteiger partial charge in [0, 0.05) is 36.5 Å². The highest BCUT2D eigenvalue weighted by atomic mass is 19.1. The first-order chi connectivity index (χ1) is 13.2. The molecule has 1 saturated heterocycles. The number of carbonyl (C=O) groups excluding carboxylic acids is 1. The highest BCUT2D eigenvalue weighted by Crippen LogP contribution is 2.30. The first kappa shape index (κ1) is 16.9. The minimum Gasteiger partial charge on any atom is -0.295 e. The first-order valence-corrected chi connectivity index (χ1v) is 8.59. The summed E-state index contributed by atoms with van der Waals surface area (Å²) in [6.07, 6.45) is 4.58. The van der Waals surface area contributed by atoms with Gasteiger partial charge in [0.05, 0.1) is 12.3 Å². The molecule has 7 heteroatoms. The van der Waals surface area contributed by atoms with Crippen LogP contribution in [-0.4, -0.2) is 27.6 Å². The van der Waals surface area contributed by atoms with Crippen LogP contribution in [0, 0.1) is 18.3 Å². The van der Waals surface area contributed by atoms with Gasteiger partial charge in [-0.2, -0.15) is 5.10 Å². The van der Waals surface area contributed by atoms with Crippen molar-refractivity contribution in [2.45, 2.75) is 12.8 Å². The van der Waals surface area contributed by atoms with Gasteiger partial charge in [0.15, 0.2) is 5.82 Å². The predicted molar refractivity (Wildman–Crippen MR) is 98.6 cm³/mol. The minimum absolute atomic E-state index is 0.00327. The summed E-state index contributed by atoms with van der Waals surface area (Å²) in [7, 11) is 0. The van der Waals surface area contributed by atoms with Crippen LogP contribution in [0.25, 0.3) is 16.1 Å². The number of rotatable bonds is 4. The first-order valence-electron chi connectivity index (χ1n) is 8.59. The maximum atomic E-state index is 13.5. The molecule has 3 aromatic rings. The summed E-state index contributed by atoms with van der Waals surface area (Å²) in [6.45, 7) is 7.60. The van der Waals surface area contributed by atoms with Crippen LogP contribution in [0.2, 0.25) is 0 Å². The molecule has 1 atom stereocenters. The van der Waals surface area contributed by atoms with Gasteiger partial charge in [0.2, 0.25) is 11.6 Å². The van der Waals surface area contributed by atoms with Gasteiger partial charge in [-0.3, -0.25) is 19.8 Å². The maximum Gasteiger partial charge on any atom is 0.231 e. The predicted octanol–water partition coefficient (Wildman–Crippen LogP) is 3.76. The van der Waals surface area contributed by atoms with Crippen molar-refractivity contribution in [3.05, 3.63) is 71.6 Å². The molecule has 1 aliphatic heterocycles. The zero-order valence-corrected chi connectivity index (χ0v) is 14.4. The molecule has 1 fully saturated rings. The van der Waals surface area contributed by atoms with E-state index in [0.29, 0.717) is 25.2 Å². The number of aromatic amines is 1. The zero-order valence-electron chi connectivity index (χ0n) is 14.4. The van der Waals surface area contributed by atoms with Crippen molar-refractivity contribution in [3.8, 4) is 11.3 Å². The highest BCUT2D eigenvalue weighted by molar-refractivity contribution is 5.96. The van der Waals surface area contributed by atoms with Crippen LogP contribution in [-0.2, 0) is 11.2 Å². The number of nitrogens with zero attached hydrogens (tertiary/aromatic N) is 4. The molecule has 134 valence electrons. The van der Waals surface area contributed by atoms with Crippen molar-refractivity contribution in [3.63, 3.8) is 0 Å². The van der Waals surface area contributed by atoms with Crippen molar-refractivity contribution >= 4 is 17.4 Å². The third kappa shape index (κ3) is 3.29. The monoisotopic (exact) mass is 361 g/mol. The Morgan fingerprint density at radius 1 is 1.26 bits per heavy atom. The molecule has 1 amide bonds. The average Bonchev–Trinajstić information content (AvgIpc) is 3.31. The molecular formula is C20H16FN5O. The topological polar surface area (TPSA) is 66.2 Å². The van der Waals surface area contributed by atoms with Crippen molar-refractivity contribution in [2.75, 3.05) is 11.4 Å². The molecule has 1 N–H and O–H groups in total. The number of nitrogens with one attached hydrogen (secondary N) is 1. The molecule has 3 heterocycles. The third-order valence-electron chi connectivity index (χ3n) is 4.76. The van der Waals surface area contributed by atoms with Crippen LogP contribution in [0.3, 0.4) is 0 Å². The van der Waals surface area contributed by atoms with Gasteiger partial charge in [-0.1, -0.05) is 17.7 Å². The van der Waals surface area contributed by atoms with E-state index in [1.165, 1.54) is 12.1 Å². The summed E-state index contributed by atoms with van der Waals surface area (Å²) < 4.78 is 13.5. The summed E-state index contributed by atoms with van der Waals surface area (Å²) >= 11 is 0. The average molecular weight is 361 g/mol. The highest BCUT2D eigenvalue weighted by Gasteiger charge is 2.33. The number of carbonyl (C=O) groups is 1. The molecule has 0 unspecified atom stereocenters. The lowest BCUT2D eigenvalue weighted by Gasteiger charge is -2.13. The molecule has 0 aliphatic carbocycles. The van der Waals surface area contributed by atoms with E-state index in [2.05, 4.69) is 20.0 Å². The number of anilines is 1. The molecule has 0 spiro atoms. The van der Waals surface area contributed by atoms with Gasteiger partial charge in [-0.15, -0.1) is 0 Å². The second kappa shape index (κ2) is 7.00. The molecule has 4 rings (SSSR count). The number of amides is 1. The Morgan fingerprint density at radius 2 is 2.07 bits per heavy atom. The largest absolute Gasteiger partial charge is 0.295 e. The van der Waals surface area contributed by atoms with Gasteiger partial charge >= 0.3 is 0 Å². The van der Waals surface area contributed by atoms with E-state index < -0.39 is 5.82 Å². The van der Waals surface area contributed by atoms with Crippen LogP contribution in [0.1, 0.15) is 12.0 Å². The Kier molecular flexibility index (Phi) is 4.38. The third-order valence-corrected chi connectivity index (χ3v) is 4.76. The van der Waals surface area contributed by atoms with Crippen molar-refractivity contribution in [1.29, 1.82) is 0 Å². The quantitative estimate of drug-likeness (QED) is 0.720. The maximum absolute atomic E-state index is 13.5. The smallest absolute Gasteiger partial charge is 0.231 e. The van der Waals surface area contributed by atoms with Gasteiger partial charge < -0.3 is 0 Å². The lowest BCUT2D eigenvalue weighted by atomic mass is 9.97. The summed E-state index contributed by atoms with van der Waals surface area (Å²) in [5.41, 5.74) is 2.56. The van der Waals surface area contributed by atoms with Crippen LogP contribution >= 0.6 is 0 Å². The summed E-state index contributed by atoms with van der Waals surface area (Å²) in [4.78, 5) is 21.7. The van der Waals surface area contributed by atoms with Gasteiger partial charge in [0.25, 0.3) is 0 Å². The van der Waals surface area contributed by atoms with Gasteiger partial charge in [-0.25, -0.2) is 9.24 Å². The van der Waals surface area contributed by atoms with Crippen molar-refractivity contribution in [1.82, 2.24) is 15.2 Å². The Hall–Kier alpha value is -3.53. The molecular weight excluding hydrogens is 345 g/mol. The lowest BCUT2D eigenvalue weighted by Crippen LogP contribution is -2.28. The lowest BCUT2D eigenvalue weighted by molar-refractivity contribution is -0.120. The van der Waals surface area contributed by atoms with E-state index in [-0.39, 0.29) is 17.5 Å². The molecule has 0 saturated carbocycles. The number of hydrogen-bond donors (Lipinski definition) is 1. The van der Waals surface area contributed by atoms with Gasteiger partial charge in [0.1, 0.15) is 5.82 Å². The second-order valence-corrected chi connectivity index (χ2v) is 6.45. The van der Waals surface area contributed by atoms with E-state index in [9.17, 15) is 9.18 Å². The number of pyridine rings is 1. The van der Waals surface area contributed by atoms with E-state index in [4.69, 9.17) is 6.57 Å². The fourth-order valence-corrected chi connectivity index (χ4v) is 3.34. The molecule has 1 aromatic carbocycles. The van der Waals surface area contributed by atoms with Crippen LogP contribution < -0.4 is 4.90 Å². The number of H-pyrrole nitrogens is 1. The normalized spacial score (nSPS) is 16.5. The number of hydrogen-bond acceptors (Lipinski definition) is 3. The Morgan fingerprint density at radius 3 is 2.85 bits per heavy atom. The summed E-state index contributed by atoms with van der Waals surface area (Å²) in [6, 6.07) is 10.0. The van der Waals surface area contributed by atoms with E-state index >= 15 is 0 Å². The zero-order chi connectivity index (χ0) is 18.8. The molecule has 6 nitrogen and oxygen atoms in total. The molecule has 0 bridgehead atoms. The summed E-state index contributed by atoms with van der Waals surface area (Å²) in [5, 5.41) is 7.23. The molecule has 27 heavy (non-hydrogen) atoms. The standard InChI is InChI=1S/C20H16FN5O/c1-22-18-11-13(2-3-16(18)21)10-15-6-9-26(20(15)27)19-12-17(24-25-19)14-4-7-23-8-5-14/h2-5,7-8,11-12,15H,6,9-10H2,(H,24,25)/t15-/m1/s1. The van der Waals surface area contributed by atoms with Crippen LogP contribution in [0.15, 0.2) is 48.8 Å². The minimum atomic E-state index is -0.534. The molecule has 0 radical (unpaired) electrons.